The van der Waals surface area contributed by atoms with Gasteiger partial charge in [-0.2, -0.15) is 0 Å². The molecule has 0 saturated carbocycles. The summed E-state index contributed by atoms with van der Waals surface area (Å²) in [5.74, 6) is 0.0720. The maximum atomic E-state index is 6.95. The number of fused-ring (bicyclic) bond motifs is 7. The quantitative estimate of drug-likeness (QED) is 0.260. The molecule has 5 aromatic carbocycles. The van der Waals surface area contributed by atoms with E-state index in [-0.39, 0.29) is 5.92 Å². The van der Waals surface area contributed by atoms with Gasteiger partial charge in [0, 0.05) is 32.8 Å². The lowest BCUT2D eigenvalue weighted by atomic mass is 9.87. The van der Waals surface area contributed by atoms with Crippen LogP contribution in [0.4, 0.5) is 0 Å². The molecule has 0 fully saturated rings. The predicted octanol–water partition coefficient (Wildman–Crippen LogP) is 9.07. The standard InChI is InChI=1S/C31H19ClO/c32-26-18-25-22-10-6-7-13-27(22)33-31(25)30-28(23-11-4-5-12-24(23)29(26)30)21-16-14-20(15-17-21)19-8-2-1-3-9-19/h1-18,28H. The number of halogens is 1. The second kappa shape index (κ2) is 7.10. The molecule has 156 valence electrons. The van der Waals surface area contributed by atoms with Crippen molar-refractivity contribution in [2.75, 3.05) is 0 Å². The van der Waals surface area contributed by atoms with Crippen LogP contribution in [0, 0.1) is 0 Å². The summed E-state index contributed by atoms with van der Waals surface area (Å²) >= 11 is 6.95. The Morgan fingerprint density at radius 1 is 0.636 bits per heavy atom. The second-order valence-electron chi connectivity index (χ2n) is 8.63. The van der Waals surface area contributed by atoms with Crippen molar-refractivity contribution in [2.24, 2.45) is 0 Å². The molecule has 1 aliphatic carbocycles. The maximum Gasteiger partial charge on any atom is 0.140 e. The van der Waals surface area contributed by atoms with Crippen molar-refractivity contribution >= 4 is 33.5 Å². The van der Waals surface area contributed by atoms with Gasteiger partial charge in [-0.25, -0.2) is 0 Å². The van der Waals surface area contributed by atoms with Crippen LogP contribution < -0.4 is 0 Å². The summed E-state index contributed by atoms with van der Waals surface area (Å²) in [6, 6.07) is 38.3. The summed E-state index contributed by atoms with van der Waals surface area (Å²) in [6.45, 7) is 0. The molecule has 1 atom stereocenters. The maximum absolute atomic E-state index is 6.95. The number of furan rings is 1. The number of para-hydroxylation sites is 1. The van der Waals surface area contributed by atoms with Crippen molar-refractivity contribution < 1.29 is 4.42 Å². The van der Waals surface area contributed by atoms with E-state index in [9.17, 15) is 0 Å². The van der Waals surface area contributed by atoms with E-state index in [0.29, 0.717) is 0 Å². The SMILES string of the molecule is Clc1cc2c(oc3ccccc32)c2c1-c1ccccc1C2c1ccc(-c2ccccc2)cc1. The van der Waals surface area contributed by atoms with Crippen molar-refractivity contribution in [1.29, 1.82) is 0 Å². The lowest BCUT2D eigenvalue weighted by Crippen LogP contribution is -1.99. The third kappa shape index (κ3) is 2.73. The molecule has 1 heterocycles. The van der Waals surface area contributed by atoms with Gasteiger partial charge >= 0.3 is 0 Å². The molecule has 0 N–H and O–H groups in total. The summed E-state index contributed by atoms with van der Waals surface area (Å²) in [5.41, 5.74) is 10.2. The molecule has 0 spiro atoms. The molecule has 0 saturated heterocycles. The summed E-state index contributed by atoms with van der Waals surface area (Å²) in [5, 5.41) is 2.96. The number of rotatable bonds is 2. The van der Waals surface area contributed by atoms with Gasteiger partial charge in [0.05, 0.1) is 0 Å². The van der Waals surface area contributed by atoms with Crippen LogP contribution in [0.1, 0.15) is 22.6 Å². The van der Waals surface area contributed by atoms with Crippen LogP contribution in [-0.2, 0) is 0 Å². The van der Waals surface area contributed by atoms with E-state index in [2.05, 4.69) is 84.9 Å². The Bertz CT molecular complexity index is 1660. The summed E-state index contributed by atoms with van der Waals surface area (Å²) in [6.07, 6.45) is 0. The highest BCUT2D eigenvalue weighted by Gasteiger charge is 2.35. The topological polar surface area (TPSA) is 13.1 Å². The molecule has 2 heteroatoms. The van der Waals surface area contributed by atoms with E-state index in [1.54, 1.807) is 0 Å². The van der Waals surface area contributed by atoms with Crippen LogP contribution in [0.5, 0.6) is 0 Å². The Morgan fingerprint density at radius 3 is 2.18 bits per heavy atom. The summed E-state index contributed by atoms with van der Waals surface area (Å²) < 4.78 is 6.47. The van der Waals surface area contributed by atoms with Crippen LogP contribution >= 0.6 is 11.6 Å². The van der Waals surface area contributed by atoms with Crippen LogP contribution in [-0.4, -0.2) is 0 Å². The van der Waals surface area contributed by atoms with Crippen LogP contribution in [0.15, 0.2) is 114 Å². The third-order valence-electron chi connectivity index (χ3n) is 6.84. The van der Waals surface area contributed by atoms with Gasteiger partial charge in [-0.3, -0.25) is 0 Å². The fraction of sp³-hybridized carbons (Fsp3) is 0.0323. The molecular weight excluding hydrogens is 424 g/mol. The Morgan fingerprint density at radius 2 is 1.33 bits per heavy atom. The van der Waals surface area contributed by atoms with Crippen molar-refractivity contribution in [3.63, 3.8) is 0 Å². The molecule has 7 rings (SSSR count). The van der Waals surface area contributed by atoms with Gasteiger partial charge in [0.1, 0.15) is 11.2 Å². The number of hydrogen-bond donors (Lipinski definition) is 0. The van der Waals surface area contributed by atoms with Gasteiger partial charge in [0.25, 0.3) is 0 Å². The van der Waals surface area contributed by atoms with Gasteiger partial charge in [-0.1, -0.05) is 109 Å². The summed E-state index contributed by atoms with van der Waals surface area (Å²) in [4.78, 5) is 0. The van der Waals surface area contributed by atoms with E-state index in [1.165, 1.54) is 33.4 Å². The highest BCUT2D eigenvalue weighted by atomic mass is 35.5. The Balaban J connectivity index is 1.50. The van der Waals surface area contributed by atoms with Crippen LogP contribution in [0.25, 0.3) is 44.2 Å². The van der Waals surface area contributed by atoms with Gasteiger partial charge in [-0.05, 0) is 39.9 Å². The van der Waals surface area contributed by atoms with Gasteiger partial charge in [0.15, 0.2) is 0 Å². The van der Waals surface area contributed by atoms with Crippen molar-refractivity contribution in [3.8, 4) is 22.3 Å². The van der Waals surface area contributed by atoms with Gasteiger partial charge in [0.2, 0.25) is 0 Å². The zero-order valence-corrected chi connectivity index (χ0v) is 18.5. The smallest absolute Gasteiger partial charge is 0.140 e. The first kappa shape index (κ1) is 18.7. The molecule has 33 heavy (non-hydrogen) atoms. The monoisotopic (exact) mass is 442 g/mol. The lowest BCUT2D eigenvalue weighted by molar-refractivity contribution is 0.662. The van der Waals surface area contributed by atoms with E-state index in [0.717, 1.165) is 32.5 Å². The molecule has 0 amide bonds. The molecule has 1 aliphatic rings. The largest absolute Gasteiger partial charge is 0.456 e. The molecule has 1 aromatic heterocycles. The minimum absolute atomic E-state index is 0.0720. The van der Waals surface area contributed by atoms with E-state index >= 15 is 0 Å². The fourth-order valence-electron chi connectivity index (χ4n) is 5.38. The number of hydrogen-bond acceptors (Lipinski definition) is 1. The molecule has 1 unspecified atom stereocenters. The average molecular weight is 443 g/mol. The Hall–Kier alpha value is -3.81. The van der Waals surface area contributed by atoms with Gasteiger partial charge < -0.3 is 4.42 Å². The Labute approximate surface area is 196 Å². The van der Waals surface area contributed by atoms with Crippen molar-refractivity contribution in [3.05, 3.63) is 131 Å². The first-order chi connectivity index (χ1) is 16.3. The molecular formula is C31H19ClO. The Kier molecular flexibility index (Phi) is 4.03. The predicted molar refractivity (Wildman–Crippen MR) is 137 cm³/mol. The average Bonchev–Trinajstić information content (AvgIpc) is 3.41. The van der Waals surface area contributed by atoms with Crippen molar-refractivity contribution in [2.45, 2.75) is 5.92 Å². The zero-order valence-electron chi connectivity index (χ0n) is 17.8. The first-order valence-corrected chi connectivity index (χ1v) is 11.6. The molecule has 0 radical (unpaired) electrons. The van der Waals surface area contributed by atoms with E-state index < -0.39 is 0 Å². The van der Waals surface area contributed by atoms with Crippen molar-refractivity contribution in [1.82, 2.24) is 0 Å². The fourth-order valence-corrected chi connectivity index (χ4v) is 5.69. The molecule has 1 nitrogen and oxygen atoms in total. The molecule has 0 aliphatic heterocycles. The van der Waals surface area contributed by atoms with E-state index in [1.807, 2.05) is 24.3 Å². The minimum Gasteiger partial charge on any atom is -0.456 e. The third-order valence-corrected chi connectivity index (χ3v) is 7.14. The zero-order chi connectivity index (χ0) is 21.9. The van der Waals surface area contributed by atoms with Crippen LogP contribution in [0.3, 0.4) is 0 Å². The molecule has 6 aromatic rings. The highest BCUT2D eigenvalue weighted by molar-refractivity contribution is 6.35. The summed E-state index contributed by atoms with van der Waals surface area (Å²) in [7, 11) is 0. The normalized spacial score (nSPS) is 14.5. The second-order valence-corrected chi connectivity index (χ2v) is 9.04. The highest BCUT2D eigenvalue weighted by Crippen LogP contribution is 2.54. The minimum atomic E-state index is 0.0720. The van der Waals surface area contributed by atoms with Gasteiger partial charge in [-0.15, -0.1) is 0 Å². The lowest BCUT2D eigenvalue weighted by Gasteiger charge is -2.15. The van der Waals surface area contributed by atoms with Crippen LogP contribution in [0.2, 0.25) is 5.02 Å². The number of benzene rings is 5. The first-order valence-electron chi connectivity index (χ1n) is 11.2. The molecule has 0 bridgehead atoms. The van der Waals surface area contributed by atoms with E-state index in [4.69, 9.17) is 16.0 Å².